The lowest BCUT2D eigenvalue weighted by molar-refractivity contribution is 0.601. The van der Waals surface area contributed by atoms with Gasteiger partial charge in [-0.25, -0.2) is 13.4 Å². The molecule has 27 heavy (non-hydrogen) atoms. The van der Waals surface area contributed by atoms with E-state index in [-0.39, 0.29) is 4.90 Å². The number of aromatic nitrogens is 2. The van der Waals surface area contributed by atoms with E-state index in [4.69, 9.17) is 0 Å². The van der Waals surface area contributed by atoms with Crippen LogP contribution in [0, 0.1) is 0 Å². The Bertz CT molecular complexity index is 941. The second-order valence-electron chi connectivity index (χ2n) is 6.30. The monoisotopic (exact) mass is 384 g/mol. The standard InChI is InChI=1S/C20H24N4O2S/c1-2-3-12-24(15-18-14-21-16-22-18)19-10-7-11-20(13-19)27(25,26)23-17-8-5-4-6-9-17/h4-11,13-14,16,23H,2-3,12,15H2,1H3,(H,21,22). The smallest absolute Gasteiger partial charge is 0.261 e. The summed E-state index contributed by atoms with van der Waals surface area (Å²) in [5, 5.41) is 0. The molecule has 6 nitrogen and oxygen atoms in total. The van der Waals surface area contributed by atoms with Gasteiger partial charge in [0.1, 0.15) is 0 Å². The van der Waals surface area contributed by atoms with Crippen LogP contribution in [0.5, 0.6) is 0 Å². The van der Waals surface area contributed by atoms with Gasteiger partial charge in [0.15, 0.2) is 0 Å². The molecule has 2 aromatic carbocycles. The number of hydrogen-bond donors (Lipinski definition) is 2. The minimum Gasteiger partial charge on any atom is -0.366 e. The lowest BCUT2D eigenvalue weighted by Crippen LogP contribution is -2.24. The van der Waals surface area contributed by atoms with Gasteiger partial charge in [-0.3, -0.25) is 4.72 Å². The summed E-state index contributed by atoms with van der Waals surface area (Å²) in [6.07, 6.45) is 5.59. The Labute approximate surface area is 160 Å². The number of anilines is 2. The van der Waals surface area contributed by atoms with Gasteiger partial charge < -0.3 is 9.88 Å². The number of sulfonamides is 1. The first-order valence-corrected chi connectivity index (χ1v) is 10.5. The van der Waals surface area contributed by atoms with E-state index < -0.39 is 10.0 Å². The van der Waals surface area contributed by atoms with Crippen LogP contribution in [0.3, 0.4) is 0 Å². The molecule has 1 aromatic heterocycles. The predicted octanol–water partition coefficient (Wildman–Crippen LogP) is 4.02. The summed E-state index contributed by atoms with van der Waals surface area (Å²) in [7, 11) is -3.65. The molecule has 1 heterocycles. The fraction of sp³-hybridized carbons (Fsp3) is 0.250. The number of imidazole rings is 1. The Balaban J connectivity index is 1.85. The number of nitrogens with one attached hydrogen (secondary N) is 2. The third kappa shape index (κ3) is 5.10. The van der Waals surface area contributed by atoms with Crippen LogP contribution in [0.15, 0.2) is 72.0 Å². The van der Waals surface area contributed by atoms with E-state index in [1.54, 1.807) is 48.8 Å². The molecule has 0 saturated heterocycles. The maximum Gasteiger partial charge on any atom is 0.261 e. The molecule has 0 bridgehead atoms. The molecule has 0 amide bonds. The van der Waals surface area contributed by atoms with Crippen LogP contribution in [-0.2, 0) is 16.6 Å². The molecule has 142 valence electrons. The third-order valence-corrected chi connectivity index (χ3v) is 5.59. The van der Waals surface area contributed by atoms with Crippen molar-refractivity contribution in [1.29, 1.82) is 0 Å². The van der Waals surface area contributed by atoms with Crippen LogP contribution < -0.4 is 9.62 Å². The first kappa shape index (κ1) is 19.0. The van der Waals surface area contributed by atoms with E-state index in [2.05, 4.69) is 26.5 Å². The summed E-state index contributed by atoms with van der Waals surface area (Å²) >= 11 is 0. The highest BCUT2D eigenvalue weighted by Crippen LogP contribution is 2.23. The number of unbranched alkanes of at least 4 members (excludes halogenated alkanes) is 1. The minimum absolute atomic E-state index is 0.243. The zero-order valence-corrected chi connectivity index (χ0v) is 16.1. The molecule has 3 aromatic rings. The van der Waals surface area contributed by atoms with Crippen molar-refractivity contribution in [2.24, 2.45) is 0 Å². The van der Waals surface area contributed by atoms with Crippen LogP contribution >= 0.6 is 0 Å². The van der Waals surface area contributed by atoms with E-state index in [9.17, 15) is 8.42 Å². The number of hydrogen-bond acceptors (Lipinski definition) is 4. The number of benzene rings is 2. The number of para-hydroxylation sites is 1. The molecule has 3 rings (SSSR count). The highest BCUT2D eigenvalue weighted by molar-refractivity contribution is 7.92. The Hall–Kier alpha value is -2.80. The summed E-state index contributed by atoms with van der Waals surface area (Å²) in [5.41, 5.74) is 2.33. The van der Waals surface area contributed by atoms with Crippen molar-refractivity contribution in [1.82, 2.24) is 9.97 Å². The van der Waals surface area contributed by atoms with Crippen LogP contribution in [0.1, 0.15) is 25.5 Å². The topological polar surface area (TPSA) is 78.1 Å². The fourth-order valence-electron chi connectivity index (χ4n) is 2.79. The van der Waals surface area contributed by atoms with Crippen molar-refractivity contribution in [2.75, 3.05) is 16.2 Å². The molecule has 0 radical (unpaired) electrons. The number of rotatable bonds is 9. The fourth-order valence-corrected chi connectivity index (χ4v) is 3.89. The molecule has 0 aliphatic carbocycles. The minimum atomic E-state index is -3.65. The average Bonchev–Trinajstić information content (AvgIpc) is 3.19. The van der Waals surface area contributed by atoms with Crippen LogP contribution in [-0.4, -0.2) is 24.9 Å². The highest BCUT2D eigenvalue weighted by Gasteiger charge is 2.17. The number of H-pyrrole nitrogens is 1. The second-order valence-corrected chi connectivity index (χ2v) is 7.99. The summed E-state index contributed by atoms with van der Waals surface area (Å²) < 4.78 is 28.1. The zero-order valence-electron chi connectivity index (χ0n) is 15.3. The molecular weight excluding hydrogens is 360 g/mol. The molecule has 2 N–H and O–H groups in total. The highest BCUT2D eigenvalue weighted by atomic mass is 32.2. The van der Waals surface area contributed by atoms with Crippen molar-refractivity contribution >= 4 is 21.4 Å². The van der Waals surface area contributed by atoms with Gasteiger partial charge in [0, 0.05) is 24.1 Å². The van der Waals surface area contributed by atoms with Gasteiger partial charge in [-0.1, -0.05) is 37.6 Å². The average molecular weight is 385 g/mol. The normalized spacial score (nSPS) is 11.3. The first-order valence-electron chi connectivity index (χ1n) is 8.99. The number of nitrogens with zero attached hydrogens (tertiary/aromatic N) is 2. The van der Waals surface area contributed by atoms with Crippen molar-refractivity contribution in [2.45, 2.75) is 31.2 Å². The molecule has 7 heteroatoms. The van der Waals surface area contributed by atoms with E-state index in [1.807, 2.05) is 18.3 Å². The molecule has 0 saturated carbocycles. The van der Waals surface area contributed by atoms with Gasteiger partial charge in [-0.05, 0) is 36.8 Å². The summed E-state index contributed by atoms with van der Waals surface area (Å²) in [6, 6.07) is 15.9. The van der Waals surface area contributed by atoms with Gasteiger partial charge in [0.05, 0.1) is 23.5 Å². The van der Waals surface area contributed by atoms with Crippen LogP contribution in [0.2, 0.25) is 0 Å². The van der Waals surface area contributed by atoms with E-state index in [0.717, 1.165) is 30.8 Å². The lowest BCUT2D eigenvalue weighted by Gasteiger charge is -2.24. The van der Waals surface area contributed by atoms with Crippen LogP contribution in [0.4, 0.5) is 11.4 Å². The Kier molecular flexibility index (Phi) is 6.13. The lowest BCUT2D eigenvalue weighted by atomic mass is 10.2. The van der Waals surface area contributed by atoms with Crippen molar-refractivity contribution in [3.63, 3.8) is 0 Å². The van der Waals surface area contributed by atoms with E-state index >= 15 is 0 Å². The molecule has 0 fully saturated rings. The Morgan fingerprint density at radius 3 is 2.63 bits per heavy atom. The Morgan fingerprint density at radius 2 is 1.93 bits per heavy atom. The van der Waals surface area contributed by atoms with Gasteiger partial charge in [-0.15, -0.1) is 0 Å². The maximum atomic E-state index is 12.8. The van der Waals surface area contributed by atoms with E-state index in [1.165, 1.54) is 0 Å². The molecule has 0 aliphatic rings. The summed E-state index contributed by atoms with van der Waals surface area (Å²) in [6.45, 7) is 3.59. The third-order valence-electron chi connectivity index (χ3n) is 4.21. The summed E-state index contributed by atoms with van der Waals surface area (Å²) in [4.78, 5) is 9.65. The molecule has 0 atom stereocenters. The van der Waals surface area contributed by atoms with Gasteiger partial charge in [0.2, 0.25) is 0 Å². The van der Waals surface area contributed by atoms with E-state index in [0.29, 0.717) is 12.2 Å². The second kappa shape index (κ2) is 8.73. The first-order chi connectivity index (χ1) is 13.1. The predicted molar refractivity (Wildman–Crippen MR) is 108 cm³/mol. The van der Waals surface area contributed by atoms with Gasteiger partial charge in [0.25, 0.3) is 10.0 Å². The molecule has 0 unspecified atom stereocenters. The maximum absolute atomic E-state index is 12.8. The quantitative estimate of drug-likeness (QED) is 0.584. The van der Waals surface area contributed by atoms with Gasteiger partial charge >= 0.3 is 0 Å². The van der Waals surface area contributed by atoms with Crippen molar-refractivity contribution in [3.05, 3.63) is 72.8 Å². The zero-order chi connectivity index (χ0) is 19.1. The van der Waals surface area contributed by atoms with Crippen molar-refractivity contribution < 1.29 is 8.42 Å². The largest absolute Gasteiger partial charge is 0.366 e. The molecular formula is C20H24N4O2S. The Morgan fingerprint density at radius 1 is 1.11 bits per heavy atom. The van der Waals surface area contributed by atoms with Crippen LogP contribution in [0.25, 0.3) is 0 Å². The molecule has 0 aliphatic heterocycles. The van der Waals surface area contributed by atoms with Crippen molar-refractivity contribution in [3.8, 4) is 0 Å². The summed E-state index contributed by atoms with van der Waals surface area (Å²) in [5.74, 6) is 0. The SMILES string of the molecule is CCCCN(Cc1c[nH]cn1)c1cccc(S(=O)(=O)Nc2ccccc2)c1. The number of aromatic amines is 1. The molecule has 0 spiro atoms. The van der Waals surface area contributed by atoms with Gasteiger partial charge in [-0.2, -0.15) is 0 Å².